The van der Waals surface area contributed by atoms with Gasteiger partial charge in [-0.05, 0) is 0 Å². The molecule has 0 aliphatic heterocycles. The van der Waals surface area contributed by atoms with Crippen molar-refractivity contribution in [3.63, 3.8) is 0 Å². The van der Waals surface area contributed by atoms with Crippen LogP contribution in [0, 0.1) is 10.2 Å². The van der Waals surface area contributed by atoms with E-state index >= 15 is 0 Å². The number of rotatable bonds is 0. The third-order valence-electron chi connectivity index (χ3n) is 0. The number of halogens is 1. The summed E-state index contributed by atoms with van der Waals surface area (Å²) >= 11 is 0. The molecule has 0 radical (unpaired) electrons. The fourth-order valence-electron chi connectivity index (χ4n) is 0. The van der Waals surface area contributed by atoms with E-state index in [0.29, 0.717) is 0 Å². The third-order valence-corrected chi connectivity index (χ3v) is 0. The van der Waals surface area contributed by atoms with Crippen molar-refractivity contribution in [3.8, 4) is 0 Å². The molecule has 0 aromatic carbocycles. The van der Waals surface area contributed by atoms with Crippen molar-refractivity contribution in [1.29, 1.82) is 0 Å². The summed E-state index contributed by atoms with van der Waals surface area (Å²) in [5.74, 6) is 0. The van der Waals surface area contributed by atoms with Crippen molar-refractivity contribution >= 4 is 0 Å². The summed E-state index contributed by atoms with van der Waals surface area (Å²) in [5.41, 5.74) is 0. The predicted molar refractivity (Wildman–Crippen MR) is 14.0 cm³/mol. The minimum Gasteiger partial charge on any atom is -0.412 e. The quantitative estimate of drug-likeness (QED) is 0.355. The zero-order valence-electron chi connectivity index (χ0n) is 4.00. The summed E-state index contributed by atoms with van der Waals surface area (Å²) in [4.78, 5) is 0. The lowest BCUT2D eigenvalue weighted by Gasteiger charge is -2.03. The van der Waals surface area contributed by atoms with Gasteiger partial charge in [0.05, 0.1) is 14.9 Å². The van der Waals surface area contributed by atoms with Gasteiger partial charge in [-0.2, -0.15) is 14.0 Å². The molecule has 0 aromatic heterocycles. The summed E-state index contributed by atoms with van der Waals surface area (Å²) in [6, 6.07) is 0. The molecular formula is CH7ClO6. The van der Waals surface area contributed by atoms with Crippen molar-refractivity contribution in [2.75, 3.05) is 7.11 Å². The lowest BCUT2D eigenvalue weighted by Crippen LogP contribution is -2.58. The zero-order valence-corrected chi connectivity index (χ0v) is 4.75. The molecule has 4 N–H and O–H groups in total. The van der Waals surface area contributed by atoms with Gasteiger partial charge < -0.3 is 10.6 Å². The summed E-state index contributed by atoms with van der Waals surface area (Å²) < 4.78 is 32.7. The molecule has 0 atom stereocenters. The normalized spacial score (nSPS) is 8.25. The monoisotopic (exact) mass is 150 g/mol. The van der Waals surface area contributed by atoms with Crippen molar-refractivity contribution in [2.45, 2.75) is 0 Å². The lowest BCUT2D eigenvalue weighted by molar-refractivity contribution is -1.92. The molecule has 0 spiro atoms. The maximum absolute atomic E-state index is 8.60. The minimum atomic E-state index is -4.69. The minimum absolute atomic E-state index is 0. The predicted octanol–water partition coefficient (Wildman–Crippen LogP) is -5.34. The number of hydrogen-bond donors (Lipinski definition) is 2. The second-order valence-corrected chi connectivity index (χ2v) is 1.19. The second kappa shape index (κ2) is 7.05. The molecule has 0 aliphatic rings. The van der Waals surface area contributed by atoms with Crippen LogP contribution in [0.3, 0.4) is 0 Å². The van der Waals surface area contributed by atoms with Gasteiger partial charge in [0.25, 0.3) is 0 Å². The Morgan fingerprint density at radius 3 is 1.12 bits per heavy atom. The van der Waals surface area contributed by atoms with Crippen LogP contribution in [0.2, 0.25) is 0 Å². The van der Waals surface area contributed by atoms with Crippen molar-refractivity contribution in [3.05, 3.63) is 0 Å². The van der Waals surface area contributed by atoms with E-state index in [1.165, 1.54) is 0 Å². The standard InChI is InChI=1S/CH4O.ClHO4.H2O/c1-2;2-1(3,4)5;/h2H,1H3;(H,2,3,4,5);1H2. The second-order valence-electron chi connectivity index (χ2n) is 0.396. The molecule has 0 amide bonds. The van der Waals surface area contributed by atoms with Gasteiger partial charge >= 0.3 is 0 Å². The van der Waals surface area contributed by atoms with Crippen LogP contribution in [0.4, 0.5) is 0 Å². The first-order chi connectivity index (χ1) is 3.00. The fraction of sp³-hybridized carbons (Fsp3) is 1.00. The van der Waals surface area contributed by atoms with Gasteiger partial charge in [0, 0.05) is 7.11 Å². The molecule has 8 heavy (non-hydrogen) atoms. The Hall–Kier alpha value is 0.0500. The van der Waals surface area contributed by atoms with Gasteiger partial charge in [-0.25, -0.2) is 0 Å². The summed E-state index contributed by atoms with van der Waals surface area (Å²) in [7, 11) is -3.69. The number of hydrogen-bond acceptors (Lipinski definition) is 5. The van der Waals surface area contributed by atoms with Crippen LogP contribution in [0.5, 0.6) is 0 Å². The molecule has 0 aromatic rings. The van der Waals surface area contributed by atoms with Crippen LogP contribution in [-0.2, 0) is 0 Å². The van der Waals surface area contributed by atoms with Crippen LogP contribution >= 0.6 is 0 Å². The van der Waals surface area contributed by atoms with E-state index in [2.05, 4.69) is 0 Å². The van der Waals surface area contributed by atoms with Gasteiger partial charge in [0.1, 0.15) is 0 Å². The highest BCUT2D eigenvalue weighted by Gasteiger charge is 1.98. The molecule has 7 heteroatoms. The van der Waals surface area contributed by atoms with Crippen molar-refractivity contribution in [2.24, 2.45) is 0 Å². The summed E-state index contributed by atoms with van der Waals surface area (Å²) in [5, 5.41) is 7.00. The Morgan fingerprint density at radius 1 is 1.12 bits per heavy atom. The van der Waals surface area contributed by atoms with Gasteiger partial charge in [-0.15, -0.1) is 0 Å². The van der Waals surface area contributed by atoms with Crippen LogP contribution in [-0.4, -0.2) is 22.4 Å². The third kappa shape index (κ3) is 61700. The molecule has 54 valence electrons. The molecule has 0 bridgehead atoms. The van der Waals surface area contributed by atoms with E-state index in [4.69, 9.17) is 23.7 Å². The van der Waals surface area contributed by atoms with Crippen LogP contribution < -0.4 is 14.0 Å². The summed E-state index contributed by atoms with van der Waals surface area (Å²) in [6.07, 6.45) is 0. The van der Waals surface area contributed by atoms with E-state index in [9.17, 15) is 0 Å². The Balaban J connectivity index is -0.0000000750. The maximum Gasteiger partial charge on any atom is 0.0777 e. The molecule has 0 unspecified atom stereocenters. The molecule has 0 rings (SSSR count). The molecular weight excluding hydrogens is 143 g/mol. The van der Waals surface area contributed by atoms with E-state index in [0.717, 1.165) is 7.11 Å². The van der Waals surface area contributed by atoms with Crippen LogP contribution in [0.15, 0.2) is 0 Å². The van der Waals surface area contributed by atoms with Gasteiger partial charge in [-0.1, -0.05) is 0 Å². The largest absolute Gasteiger partial charge is 0.412 e. The first kappa shape index (κ1) is 15.7. The zero-order chi connectivity index (χ0) is 6.50. The first-order valence-corrected chi connectivity index (χ1v) is 2.34. The Morgan fingerprint density at radius 2 is 1.12 bits per heavy atom. The molecule has 0 saturated heterocycles. The highest BCUT2D eigenvalue weighted by molar-refractivity contribution is 3.18. The van der Waals surface area contributed by atoms with Gasteiger partial charge in [-0.3, -0.25) is 0 Å². The van der Waals surface area contributed by atoms with Crippen molar-refractivity contribution < 1.29 is 39.5 Å². The Kier molecular flexibility index (Phi) is 13.8. The first-order valence-electron chi connectivity index (χ1n) is 1.08. The number of aliphatic hydroxyl groups excluding tert-OH is 1. The highest BCUT2D eigenvalue weighted by Crippen LogP contribution is 1.60. The maximum atomic E-state index is 8.60. The molecule has 6 nitrogen and oxygen atoms in total. The summed E-state index contributed by atoms with van der Waals surface area (Å²) in [6.45, 7) is 0. The fourth-order valence-corrected chi connectivity index (χ4v) is 0. The Labute approximate surface area is 47.7 Å². The lowest BCUT2D eigenvalue weighted by atomic mass is 11.8. The van der Waals surface area contributed by atoms with Gasteiger partial charge in [0.15, 0.2) is 0 Å². The van der Waals surface area contributed by atoms with E-state index in [1.54, 1.807) is 0 Å². The number of aliphatic hydroxyl groups is 1. The van der Waals surface area contributed by atoms with Crippen molar-refractivity contribution in [1.82, 2.24) is 0 Å². The average molecular weight is 151 g/mol. The van der Waals surface area contributed by atoms with Crippen LogP contribution in [0.25, 0.3) is 0 Å². The average Bonchev–Trinajstić information content (AvgIpc) is 1.36. The van der Waals surface area contributed by atoms with Crippen LogP contribution in [0.1, 0.15) is 0 Å². The SMILES string of the molecule is CO.O.[O-][Cl+3]([O-])([O-])O. The molecule has 0 heterocycles. The van der Waals surface area contributed by atoms with Gasteiger partial charge in [0.2, 0.25) is 0 Å². The Bertz CT molecular complexity index is 24.0. The smallest absolute Gasteiger partial charge is 0.0777 e. The topological polar surface area (TPSA) is 141 Å². The highest BCUT2D eigenvalue weighted by atomic mass is 35.7. The molecule has 0 saturated carbocycles. The van der Waals surface area contributed by atoms with E-state index < -0.39 is 10.2 Å². The van der Waals surface area contributed by atoms with E-state index in [-0.39, 0.29) is 5.48 Å². The van der Waals surface area contributed by atoms with E-state index in [1.807, 2.05) is 0 Å². The molecule has 0 aliphatic carbocycles. The molecule has 0 fully saturated rings.